The van der Waals surface area contributed by atoms with Crippen LogP contribution >= 0.6 is 22.2 Å². The van der Waals surface area contributed by atoms with Gasteiger partial charge in [0.1, 0.15) is 4.90 Å². The number of hydrogen-bond donors (Lipinski definition) is 1. The van der Waals surface area contributed by atoms with E-state index >= 15 is 0 Å². The van der Waals surface area contributed by atoms with E-state index in [1.807, 2.05) is 20.8 Å². The third-order valence-electron chi connectivity index (χ3n) is 2.32. The highest BCUT2D eigenvalue weighted by Crippen LogP contribution is 3.02. The molecule has 1 rings (SSSR count). The molecule has 0 aliphatic heterocycles. The first-order valence-corrected chi connectivity index (χ1v) is 8.60. The van der Waals surface area contributed by atoms with Crippen LogP contribution < -0.4 is 4.72 Å². The SMILES string of the molecule is Cc1cccc(CNSC(C)(C)C)c1S(F)(F)(F)(F)F. The summed E-state index contributed by atoms with van der Waals surface area (Å²) in [7, 11) is -9.68. The second kappa shape index (κ2) is 4.51. The van der Waals surface area contributed by atoms with Gasteiger partial charge in [-0.05, 0) is 38.8 Å². The van der Waals surface area contributed by atoms with Gasteiger partial charge in [0.2, 0.25) is 0 Å². The molecule has 0 saturated heterocycles. The molecule has 20 heavy (non-hydrogen) atoms. The van der Waals surface area contributed by atoms with Crippen LogP contribution in [0.2, 0.25) is 0 Å². The summed E-state index contributed by atoms with van der Waals surface area (Å²) in [6.07, 6.45) is 0. The normalized spacial score (nSPS) is 16.6. The largest absolute Gasteiger partial charge is 0.310 e. The number of halogens is 5. The highest BCUT2D eigenvalue weighted by molar-refractivity contribution is 8.45. The second-order valence-corrected chi connectivity index (χ2v) is 9.63. The van der Waals surface area contributed by atoms with Gasteiger partial charge in [-0.2, -0.15) is 0 Å². The number of aryl methyl sites for hydroxylation is 1. The molecule has 0 aliphatic carbocycles. The summed E-state index contributed by atoms with van der Waals surface area (Å²) in [5.41, 5.74) is -0.884. The van der Waals surface area contributed by atoms with Crippen LogP contribution in [0.4, 0.5) is 19.4 Å². The zero-order valence-electron chi connectivity index (χ0n) is 11.6. The van der Waals surface area contributed by atoms with E-state index in [1.54, 1.807) is 0 Å². The Morgan fingerprint density at radius 2 is 1.65 bits per heavy atom. The molecule has 0 heterocycles. The molecule has 0 radical (unpaired) electrons. The fourth-order valence-electron chi connectivity index (χ4n) is 1.73. The van der Waals surface area contributed by atoms with Crippen LogP contribution in [0.3, 0.4) is 0 Å². The average Bonchev–Trinajstić information content (AvgIpc) is 2.10. The van der Waals surface area contributed by atoms with Gasteiger partial charge in [0, 0.05) is 11.3 Å². The molecule has 0 amide bonds. The van der Waals surface area contributed by atoms with Crippen molar-refractivity contribution in [3.05, 3.63) is 29.3 Å². The van der Waals surface area contributed by atoms with Crippen LogP contribution in [-0.4, -0.2) is 4.75 Å². The Morgan fingerprint density at radius 1 is 1.10 bits per heavy atom. The highest BCUT2D eigenvalue weighted by atomic mass is 32.5. The summed E-state index contributed by atoms with van der Waals surface area (Å²) in [6.45, 7) is 6.38. The van der Waals surface area contributed by atoms with E-state index in [2.05, 4.69) is 4.72 Å². The molecule has 1 N–H and O–H groups in total. The number of rotatable bonds is 4. The summed E-state index contributed by atoms with van der Waals surface area (Å²) in [5.74, 6) is 0. The average molecular weight is 335 g/mol. The lowest BCUT2D eigenvalue weighted by Gasteiger charge is -2.42. The molecule has 0 aromatic heterocycles. The zero-order chi connectivity index (χ0) is 15.9. The fraction of sp³-hybridized carbons (Fsp3) is 0.500. The maximum atomic E-state index is 13.1. The molecule has 1 aromatic carbocycles. The second-order valence-electron chi connectivity index (χ2n) is 5.57. The summed E-state index contributed by atoms with van der Waals surface area (Å²) in [4.78, 5) is -1.77. The number of benzene rings is 1. The van der Waals surface area contributed by atoms with Gasteiger partial charge in [-0.15, -0.1) is 0 Å². The molecular formula is C12H18F5NS2. The Hall–Kier alpha value is -0.470. The third kappa shape index (κ3) is 5.14. The van der Waals surface area contributed by atoms with Crippen molar-refractivity contribution >= 4 is 22.2 Å². The molecule has 1 aromatic rings. The van der Waals surface area contributed by atoms with Crippen molar-refractivity contribution in [1.82, 2.24) is 4.72 Å². The van der Waals surface area contributed by atoms with Gasteiger partial charge in [-0.3, -0.25) is 4.72 Å². The topological polar surface area (TPSA) is 12.0 Å². The molecule has 0 aliphatic rings. The molecule has 1 nitrogen and oxygen atoms in total. The van der Waals surface area contributed by atoms with E-state index in [-0.39, 0.29) is 11.3 Å². The Balaban J connectivity index is 3.15. The summed E-state index contributed by atoms with van der Waals surface area (Å²) in [5, 5.41) is 0. The van der Waals surface area contributed by atoms with Gasteiger partial charge >= 0.3 is 10.2 Å². The molecule has 0 fully saturated rings. The van der Waals surface area contributed by atoms with E-state index in [9.17, 15) is 19.4 Å². The molecule has 0 saturated carbocycles. The van der Waals surface area contributed by atoms with Crippen LogP contribution in [0.15, 0.2) is 23.1 Å². The third-order valence-corrected chi connectivity index (χ3v) is 4.58. The van der Waals surface area contributed by atoms with Crippen molar-refractivity contribution in [3.8, 4) is 0 Å². The van der Waals surface area contributed by atoms with E-state index in [0.29, 0.717) is 0 Å². The van der Waals surface area contributed by atoms with Crippen molar-refractivity contribution in [2.75, 3.05) is 0 Å². The predicted octanol–water partition coefficient (Wildman–Crippen LogP) is 6.19. The van der Waals surface area contributed by atoms with Gasteiger partial charge in [-0.1, -0.05) is 49.6 Å². The minimum atomic E-state index is -9.68. The predicted molar refractivity (Wildman–Crippen MR) is 76.8 cm³/mol. The maximum Gasteiger partial charge on any atom is 0.310 e. The number of hydrogen-bond acceptors (Lipinski definition) is 2. The number of nitrogens with one attached hydrogen (secondary N) is 1. The summed E-state index contributed by atoms with van der Waals surface area (Å²) >= 11 is 1.20. The standard InChI is InChI=1S/C12H18F5NS2/c1-9-6-5-7-10(8-18-19-12(2,3)4)11(9)20(13,14,15,16)17/h5-7,18H,8H2,1-4H3. The van der Waals surface area contributed by atoms with Gasteiger partial charge in [0.25, 0.3) is 0 Å². The lowest BCUT2D eigenvalue weighted by Crippen LogP contribution is -2.19. The van der Waals surface area contributed by atoms with Crippen LogP contribution in [0.1, 0.15) is 31.9 Å². The lowest BCUT2D eigenvalue weighted by molar-refractivity contribution is 0.361. The Kier molecular flexibility index (Phi) is 3.97. The first-order chi connectivity index (χ1) is 8.60. The summed E-state index contributed by atoms with van der Waals surface area (Å²) < 4.78 is 68.0. The minimum absolute atomic E-state index is 0.223. The fourth-order valence-corrected chi connectivity index (χ4v) is 3.71. The van der Waals surface area contributed by atoms with Gasteiger partial charge in [0.15, 0.2) is 0 Å². The quantitative estimate of drug-likeness (QED) is 0.520. The maximum absolute atomic E-state index is 13.1. The van der Waals surface area contributed by atoms with Crippen LogP contribution in [0.5, 0.6) is 0 Å². The molecule has 8 heteroatoms. The molecule has 0 spiro atoms. The Labute approximate surface area is 120 Å². The van der Waals surface area contributed by atoms with Crippen LogP contribution in [-0.2, 0) is 6.54 Å². The monoisotopic (exact) mass is 335 g/mol. The van der Waals surface area contributed by atoms with Crippen LogP contribution in [0, 0.1) is 6.92 Å². The summed E-state index contributed by atoms with van der Waals surface area (Å²) in [6, 6.07) is 3.48. The molecular weight excluding hydrogens is 317 g/mol. The molecule has 0 unspecified atom stereocenters. The van der Waals surface area contributed by atoms with E-state index in [1.165, 1.54) is 18.0 Å². The first-order valence-electron chi connectivity index (χ1n) is 5.84. The van der Waals surface area contributed by atoms with Crippen molar-refractivity contribution in [3.63, 3.8) is 0 Å². The molecule has 118 valence electrons. The van der Waals surface area contributed by atoms with E-state index < -0.39 is 26.2 Å². The molecule has 0 atom stereocenters. The van der Waals surface area contributed by atoms with Gasteiger partial charge < -0.3 is 0 Å². The Bertz CT molecular complexity index is 504. The Morgan fingerprint density at radius 3 is 2.10 bits per heavy atom. The van der Waals surface area contributed by atoms with Gasteiger partial charge in [-0.25, -0.2) is 0 Å². The molecule has 0 bridgehead atoms. The van der Waals surface area contributed by atoms with E-state index in [4.69, 9.17) is 0 Å². The zero-order valence-corrected chi connectivity index (χ0v) is 13.3. The minimum Gasteiger partial charge on any atom is -0.259 e. The van der Waals surface area contributed by atoms with Gasteiger partial charge in [0.05, 0.1) is 0 Å². The van der Waals surface area contributed by atoms with Crippen molar-refractivity contribution in [1.29, 1.82) is 0 Å². The highest BCUT2D eigenvalue weighted by Gasteiger charge is 2.67. The lowest BCUT2D eigenvalue weighted by atomic mass is 10.1. The smallest absolute Gasteiger partial charge is 0.259 e. The van der Waals surface area contributed by atoms with Crippen molar-refractivity contribution in [2.45, 2.75) is 43.9 Å². The van der Waals surface area contributed by atoms with Crippen molar-refractivity contribution in [2.24, 2.45) is 0 Å². The van der Waals surface area contributed by atoms with Crippen molar-refractivity contribution < 1.29 is 19.4 Å². The van der Waals surface area contributed by atoms with E-state index in [0.717, 1.165) is 19.1 Å². The van der Waals surface area contributed by atoms with Crippen LogP contribution in [0.25, 0.3) is 0 Å². The first kappa shape index (κ1) is 17.6.